The van der Waals surface area contributed by atoms with Gasteiger partial charge in [0.1, 0.15) is 5.75 Å². The van der Waals surface area contributed by atoms with Crippen LogP contribution in [-0.4, -0.2) is 55.1 Å². The number of amides is 1. The zero-order valence-electron chi connectivity index (χ0n) is 15.0. The fourth-order valence-electron chi connectivity index (χ4n) is 3.12. The van der Waals surface area contributed by atoms with Crippen molar-refractivity contribution in [1.82, 2.24) is 9.88 Å². The van der Waals surface area contributed by atoms with E-state index in [4.69, 9.17) is 16.3 Å². The van der Waals surface area contributed by atoms with E-state index in [0.29, 0.717) is 10.8 Å². The van der Waals surface area contributed by atoms with Crippen molar-refractivity contribution in [2.75, 3.05) is 43.5 Å². The van der Waals surface area contributed by atoms with Crippen LogP contribution in [0.25, 0.3) is 0 Å². The van der Waals surface area contributed by atoms with Gasteiger partial charge in [0.25, 0.3) is 0 Å². The third-order valence-electron chi connectivity index (χ3n) is 4.68. The molecule has 138 valence electrons. The predicted octanol–water partition coefficient (Wildman–Crippen LogP) is 2.89. The third kappa shape index (κ3) is 4.08. The molecular weight excluding hydrogens is 352 g/mol. The number of anilines is 2. The maximum atomic E-state index is 12.5. The lowest BCUT2D eigenvalue weighted by Crippen LogP contribution is -2.52. The number of rotatable bonds is 5. The number of para-hydroxylation sites is 2. The third-order valence-corrected chi connectivity index (χ3v) is 4.99. The SMILES string of the molecule is COc1ccccc1N1CCN([C@H](C)C(=O)Nc2cccnc2Cl)CC1. The zero-order valence-corrected chi connectivity index (χ0v) is 15.7. The topological polar surface area (TPSA) is 57.7 Å². The van der Waals surface area contributed by atoms with E-state index < -0.39 is 0 Å². The van der Waals surface area contributed by atoms with Gasteiger partial charge >= 0.3 is 0 Å². The summed E-state index contributed by atoms with van der Waals surface area (Å²) in [6, 6.07) is 11.3. The molecule has 1 aliphatic rings. The van der Waals surface area contributed by atoms with Crippen molar-refractivity contribution in [3.63, 3.8) is 0 Å². The van der Waals surface area contributed by atoms with Crippen LogP contribution in [0.15, 0.2) is 42.6 Å². The number of methoxy groups -OCH3 is 1. The Kier molecular flexibility index (Phi) is 5.96. The number of carbonyl (C=O) groups excluding carboxylic acids is 1. The smallest absolute Gasteiger partial charge is 0.241 e. The van der Waals surface area contributed by atoms with Crippen LogP contribution in [-0.2, 0) is 4.79 Å². The highest BCUT2D eigenvalue weighted by molar-refractivity contribution is 6.32. The lowest BCUT2D eigenvalue weighted by molar-refractivity contribution is -0.120. The monoisotopic (exact) mass is 374 g/mol. The van der Waals surface area contributed by atoms with E-state index in [9.17, 15) is 4.79 Å². The van der Waals surface area contributed by atoms with Crippen LogP contribution in [0, 0.1) is 0 Å². The largest absolute Gasteiger partial charge is 0.495 e. The van der Waals surface area contributed by atoms with Gasteiger partial charge in [0.15, 0.2) is 5.15 Å². The summed E-state index contributed by atoms with van der Waals surface area (Å²) in [6.45, 7) is 5.19. The first-order valence-corrected chi connectivity index (χ1v) is 9.01. The van der Waals surface area contributed by atoms with Gasteiger partial charge in [0, 0.05) is 32.4 Å². The second-order valence-corrected chi connectivity index (χ2v) is 6.56. The van der Waals surface area contributed by atoms with Gasteiger partial charge in [-0.25, -0.2) is 4.98 Å². The standard InChI is InChI=1S/C19H23ClN4O2/c1-14(19(25)22-15-6-5-9-21-18(15)20)23-10-12-24(13-11-23)16-7-3-4-8-17(16)26-2/h3-9,14H,10-13H2,1-2H3,(H,22,25)/t14-/m1/s1. The van der Waals surface area contributed by atoms with Crippen LogP contribution in [0.5, 0.6) is 5.75 Å². The second-order valence-electron chi connectivity index (χ2n) is 6.20. The Morgan fingerprint density at radius 2 is 1.92 bits per heavy atom. The lowest BCUT2D eigenvalue weighted by atomic mass is 10.2. The number of benzene rings is 1. The number of hydrogen-bond acceptors (Lipinski definition) is 5. The Hall–Kier alpha value is -2.31. The fourth-order valence-corrected chi connectivity index (χ4v) is 3.29. The molecule has 1 fully saturated rings. The van der Waals surface area contributed by atoms with Gasteiger partial charge in [-0.15, -0.1) is 0 Å². The van der Waals surface area contributed by atoms with Gasteiger partial charge in [-0.1, -0.05) is 23.7 Å². The van der Waals surface area contributed by atoms with E-state index in [2.05, 4.69) is 26.2 Å². The molecule has 1 atom stereocenters. The van der Waals surface area contributed by atoms with E-state index >= 15 is 0 Å². The van der Waals surface area contributed by atoms with Gasteiger partial charge < -0.3 is 15.0 Å². The van der Waals surface area contributed by atoms with Crippen LogP contribution >= 0.6 is 11.6 Å². The van der Waals surface area contributed by atoms with Crippen molar-refractivity contribution in [1.29, 1.82) is 0 Å². The Bertz CT molecular complexity index is 763. The number of halogens is 1. The van der Waals surface area contributed by atoms with Crippen molar-refractivity contribution in [2.24, 2.45) is 0 Å². The van der Waals surface area contributed by atoms with Crippen LogP contribution in [0.2, 0.25) is 5.15 Å². The Balaban J connectivity index is 1.59. The predicted molar refractivity (Wildman–Crippen MR) is 104 cm³/mol. The number of carbonyl (C=O) groups is 1. The molecule has 1 amide bonds. The van der Waals surface area contributed by atoms with Crippen LogP contribution < -0.4 is 15.0 Å². The van der Waals surface area contributed by atoms with E-state index in [1.54, 1.807) is 25.4 Å². The summed E-state index contributed by atoms with van der Waals surface area (Å²) in [5, 5.41) is 3.16. The van der Waals surface area contributed by atoms with E-state index in [1.807, 2.05) is 25.1 Å². The van der Waals surface area contributed by atoms with Crippen molar-refractivity contribution < 1.29 is 9.53 Å². The second kappa shape index (κ2) is 8.38. The summed E-state index contributed by atoms with van der Waals surface area (Å²) < 4.78 is 5.45. The summed E-state index contributed by atoms with van der Waals surface area (Å²) in [7, 11) is 1.69. The van der Waals surface area contributed by atoms with E-state index in [1.165, 1.54) is 0 Å². The summed E-state index contributed by atoms with van der Waals surface area (Å²) in [5.74, 6) is 0.795. The van der Waals surface area contributed by atoms with Gasteiger partial charge in [-0.05, 0) is 31.2 Å². The van der Waals surface area contributed by atoms with Crippen LogP contribution in [0.3, 0.4) is 0 Å². The van der Waals surface area contributed by atoms with Gasteiger partial charge in [0.2, 0.25) is 5.91 Å². The normalized spacial score (nSPS) is 16.2. The molecule has 0 unspecified atom stereocenters. The van der Waals surface area contributed by atoms with Crippen molar-refractivity contribution in [3.8, 4) is 5.75 Å². The highest BCUT2D eigenvalue weighted by Crippen LogP contribution is 2.28. The maximum absolute atomic E-state index is 12.5. The Labute approximate surface area is 158 Å². The first-order valence-electron chi connectivity index (χ1n) is 8.63. The molecule has 0 aliphatic carbocycles. The Morgan fingerprint density at radius 1 is 1.19 bits per heavy atom. The molecule has 2 heterocycles. The minimum atomic E-state index is -0.244. The molecule has 2 aromatic rings. The molecule has 1 aliphatic heterocycles. The van der Waals surface area contributed by atoms with E-state index in [-0.39, 0.29) is 11.9 Å². The molecular formula is C19H23ClN4O2. The molecule has 1 aromatic carbocycles. The molecule has 0 saturated carbocycles. The summed E-state index contributed by atoms with van der Waals surface area (Å²) >= 11 is 6.02. The highest BCUT2D eigenvalue weighted by atomic mass is 35.5. The molecule has 6 nitrogen and oxygen atoms in total. The van der Waals surface area contributed by atoms with Gasteiger partial charge in [-0.3, -0.25) is 9.69 Å². The molecule has 7 heteroatoms. The Morgan fingerprint density at radius 3 is 2.62 bits per heavy atom. The maximum Gasteiger partial charge on any atom is 0.241 e. The molecule has 1 saturated heterocycles. The fraction of sp³-hybridized carbons (Fsp3) is 0.368. The number of nitrogens with zero attached hydrogens (tertiary/aromatic N) is 3. The number of hydrogen-bond donors (Lipinski definition) is 1. The first kappa shape index (κ1) is 18.5. The average Bonchev–Trinajstić information content (AvgIpc) is 2.69. The molecule has 3 rings (SSSR count). The lowest BCUT2D eigenvalue weighted by Gasteiger charge is -2.38. The minimum absolute atomic E-state index is 0.0781. The molecule has 0 bridgehead atoms. The van der Waals surface area contributed by atoms with Crippen molar-refractivity contribution >= 4 is 28.9 Å². The molecule has 0 spiro atoms. The van der Waals surface area contributed by atoms with Gasteiger partial charge in [-0.2, -0.15) is 0 Å². The molecule has 1 N–H and O–H groups in total. The summed E-state index contributed by atoms with van der Waals surface area (Å²) in [5.41, 5.74) is 1.63. The first-order chi connectivity index (χ1) is 12.6. The van der Waals surface area contributed by atoms with Crippen molar-refractivity contribution in [3.05, 3.63) is 47.7 Å². The molecule has 0 radical (unpaired) electrons. The number of ether oxygens (including phenoxy) is 1. The van der Waals surface area contributed by atoms with Gasteiger partial charge in [0.05, 0.1) is 24.5 Å². The molecule has 1 aromatic heterocycles. The number of piperazine rings is 1. The van der Waals surface area contributed by atoms with E-state index in [0.717, 1.165) is 37.6 Å². The highest BCUT2D eigenvalue weighted by Gasteiger charge is 2.27. The summed E-state index contributed by atoms with van der Waals surface area (Å²) in [6.07, 6.45) is 1.60. The summed E-state index contributed by atoms with van der Waals surface area (Å²) in [4.78, 5) is 21.0. The number of aromatic nitrogens is 1. The quantitative estimate of drug-likeness (QED) is 0.815. The number of pyridine rings is 1. The van der Waals surface area contributed by atoms with Crippen LogP contribution in [0.4, 0.5) is 11.4 Å². The number of nitrogens with one attached hydrogen (secondary N) is 1. The van der Waals surface area contributed by atoms with Crippen LogP contribution in [0.1, 0.15) is 6.92 Å². The van der Waals surface area contributed by atoms with Crippen molar-refractivity contribution in [2.45, 2.75) is 13.0 Å². The minimum Gasteiger partial charge on any atom is -0.495 e. The molecule has 26 heavy (non-hydrogen) atoms. The zero-order chi connectivity index (χ0) is 18.5. The average molecular weight is 375 g/mol.